The summed E-state index contributed by atoms with van der Waals surface area (Å²) in [5.74, 6) is 0.920. The summed E-state index contributed by atoms with van der Waals surface area (Å²) in [4.78, 5) is 14.2. The van der Waals surface area contributed by atoms with Crippen molar-refractivity contribution in [3.63, 3.8) is 0 Å². The van der Waals surface area contributed by atoms with Crippen LogP contribution in [-0.2, 0) is 9.53 Å². The molecular weight excluding hydrogens is 330 g/mol. The molecule has 0 N–H and O–H groups in total. The lowest BCUT2D eigenvalue weighted by Crippen LogP contribution is -2.36. The Bertz CT molecular complexity index is 837. The van der Waals surface area contributed by atoms with Crippen molar-refractivity contribution in [2.45, 2.75) is 18.5 Å². The molecule has 3 atom stereocenters. The third-order valence-corrected chi connectivity index (χ3v) is 5.18. The van der Waals surface area contributed by atoms with Crippen LogP contribution >= 0.6 is 0 Å². The highest BCUT2D eigenvalue weighted by atomic mass is 16.5. The fraction of sp³-hybridized carbons (Fsp3) is 0.350. The van der Waals surface area contributed by atoms with Gasteiger partial charge in [-0.3, -0.25) is 9.69 Å². The minimum absolute atomic E-state index is 0.120. The normalized spacial score (nSPS) is 24.8. The second-order valence-corrected chi connectivity index (χ2v) is 6.71. The molecule has 2 aromatic carbocycles. The third-order valence-electron chi connectivity index (χ3n) is 5.18. The highest BCUT2D eigenvalue weighted by Crippen LogP contribution is 2.47. The van der Waals surface area contributed by atoms with E-state index >= 15 is 0 Å². The van der Waals surface area contributed by atoms with Gasteiger partial charge in [0.15, 0.2) is 0 Å². The largest absolute Gasteiger partial charge is 0.493 e. The van der Waals surface area contributed by atoms with Crippen LogP contribution < -0.4 is 4.74 Å². The number of likely N-dealkylation sites (N-methyl/N-ethyl adjacent to an activating group) is 1. The van der Waals surface area contributed by atoms with Gasteiger partial charge in [-0.15, -0.1) is 0 Å². The Morgan fingerprint density at radius 3 is 2.69 bits per heavy atom. The lowest BCUT2D eigenvalue weighted by atomic mass is 9.91. The van der Waals surface area contributed by atoms with Crippen LogP contribution in [0.5, 0.6) is 5.75 Å². The first-order valence-corrected chi connectivity index (χ1v) is 8.70. The molecule has 0 radical (unpaired) electrons. The number of esters is 1. The fourth-order valence-corrected chi connectivity index (χ4v) is 3.91. The number of benzene rings is 2. The number of likely N-dealkylation sites (tertiary alicyclic amines) is 1. The predicted molar refractivity (Wildman–Crippen MR) is 97.0 cm³/mol. The van der Waals surface area contributed by atoms with E-state index in [4.69, 9.17) is 9.47 Å². The van der Waals surface area contributed by atoms with E-state index in [0.29, 0.717) is 6.61 Å². The van der Waals surface area contributed by atoms with Crippen molar-refractivity contribution in [2.75, 3.05) is 20.8 Å². The van der Waals surface area contributed by atoms with Crippen LogP contribution in [0.3, 0.4) is 0 Å². The number of ether oxygens (including phenoxy) is 2. The van der Waals surface area contributed by atoms with Gasteiger partial charge in [0.1, 0.15) is 11.8 Å². The number of hydrogen-bond acceptors (Lipinski definition) is 6. The van der Waals surface area contributed by atoms with Crippen molar-refractivity contribution in [3.05, 3.63) is 54.1 Å². The number of fused-ring (bicyclic) bond motifs is 3. The lowest BCUT2D eigenvalue weighted by Gasteiger charge is -2.32. The molecule has 1 fully saturated rings. The first-order valence-electron chi connectivity index (χ1n) is 8.70. The van der Waals surface area contributed by atoms with E-state index < -0.39 is 0 Å². The van der Waals surface area contributed by atoms with Crippen molar-refractivity contribution in [1.29, 1.82) is 0 Å². The van der Waals surface area contributed by atoms with Gasteiger partial charge in [-0.1, -0.05) is 18.2 Å². The van der Waals surface area contributed by atoms with Crippen LogP contribution in [-0.4, -0.2) is 37.7 Å². The molecule has 0 bridgehead atoms. The lowest BCUT2D eigenvalue weighted by molar-refractivity contribution is -0.145. The number of hydrogen-bond donors (Lipinski definition) is 0. The number of methoxy groups -OCH3 is 1. The molecule has 2 heterocycles. The van der Waals surface area contributed by atoms with Crippen LogP contribution in [0, 0.1) is 5.92 Å². The van der Waals surface area contributed by atoms with Crippen molar-refractivity contribution in [1.82, 2.24) is 4.90 Å². The summed E-state index contributed by atoms with van der Waals surface area (Å²) in [6, 6.07) is 15.4. The van der Waals surface area contributed by atoms with Crippen LogP contribution in [0.1, 0.15) is 18.0 Å². The summed E-state index contributed by atoms with van der Waals surface area (Å²) in [5, 5.41) is 8.64. The molecule has 0 saturated carbocycles. The third kappa shape index (κ3) is 2.97. The molecule has 2 aromatic rings. The minimum Gasteiger partial charge on any atom is -0.493 e. The highest BCUT2D eigenvalue weighted by molar-refractivity contribution is 5.76. The second kappa shape index (κ2) is 6.88. The van der Waals surface area contributed by atoms with E-state index in [0.717, 1.165) is 29.1 Å². The van der Waals surface area contributed by atoms with Crippen molar-refractivity contribution in [2.24, 2.45) is 16.1 Å². The van der Waals surface area contributed by atoms with Crippen molar-refractivity contribution < 1.29 is 14.3 Å². The van der Waals surface area contributed by atoms with E-state index in [1.807, 2.05) is 55.6 Å². The minimum atomic E-state index is -0.237. The molecule has 0 aliphatic carbocycles. The van der Waals surface area contributed by atoms with Gasteiger partial charge in [-0.2, -0.15) is 10.2 Å². The average Bonchev–Trinajstić information content (AvgIpc) is 3.03. The molecule has 134 valence electrons. The van der Waals surface area contributed by atoms with Gasteiger partial charge >= 0.3 is 5.97 Å². The van der Waals surface area contributed by atoms with Gasteiger partial charge in [0.2, 0.25) is 0 Å². The number of rotatable bonds is 3. The smallest absolute Gasteiger partial charge is 0.323 e. The molecule has 0 aromatic heterocycles. The Balaban J connectivity index is 1.63. The summed E-state index contributed by atoms with van der Waals surface area (Å²) in [6.45, 7) is 0.611. The van der Waals surface area contributed by atoms with Crippen molar-refractivity contribution in [3.8, 4) is 5.75 Å². The van der Waals surface area contributed by atoms with Gasteiger partial charge in [0.05, 0.1) is 25.1 Å². The van der Waals surface area contributed by atoms with Gasteiger partial charge in [0.25, 0.3) is 0 Å². The summed E-state index contributed by atoms with van der Waals surface area (Å²) in [5.41, 5.74) is 2.63. The predicted octanol–water partition coefficient (Wildman–Crippen LogP) is 4.03. The molecule has 6 heteroatoms. The molecule has 0 spiro atoms. The molecule has 0 unspecified atom stereocenters. The summed E-state index contributed by atoms with van der Waals surface area (Å²) in [6.07, 6.45) is 0.739. The van der Waals surface area contributed by atoms with E-state index in [1.54, 1.807) is 0 Å². The van der Waals surface area contributed by atoms with Gasteiger partial charge in [0, 0.05) is 17.5 Å². The molecular formula is C20H21N3O3. The summed E-state index contributed by atoms with van der Waals surface area (Å²) in [7, 11) is 3.41. The molecule has 2 aliphatic rings. The Morgan fingerprint density at radius 1 is 1.15 bits per heavy atom. The standard InChI is InChI=1S/C20H21N3O3/c1-23-17(20(24)25-2)10-13-12-26-18-9-8-15(11-16(18)19(13)23)22-21-14-6-4-3-5-7-14/h3-9,11,13,17,19H,10,12H2,1-2H3/t13-,17-,19-/m1/s1. The Labute approximate surface area is 152 Å². The van der Waals surface area contributed by atoms with Crippen molar-refractivity contribution >= 4 is 17.3 Å². The topological polar surface area (TPSA) is 63.5 Å². The van der Waals surface area contributed by atoms with Crippen LogP contribution in [0.2, 0.25) is 0 Å². The zero-order valence-corrected chi connectivity index (χ0v) is 14.8. The Morgan fingerprint density at radius 2 is 1.92 bits per heavy atom. The maximum absolute atomic E-state index is 12.1. The van der Waals surface area contributed by atoms with Crippen LogP contribution in [0.15, 0.2) is 58.8 Å². The Kier molecular flexibility index (Phi) is 4.42. The van der Waals surface area contributed by atoms with E-state index in [-0.39, 0.29) is 24.0 Å². The average molecular weight is 351 g/mol. The molecule has 4 rings (SSSR count). The van der Waals surface area contributed by atoms with Gasteiger partial charge < -0.3 is 9.47 Å². The van der Waals surface area contributed by atoms with E-state index in [2.05, 4.69) is 15.1 Å². The quantitative estimate of drug-likeness (QED) is 0.619. The molecule has 2 aliphatic heterocycles. The van der Waals surface area contributed by atoms with Gasteiger partial charge in [-0.05, 0) is 43.8 Å². The first kappa shape index (κ1) is 16.7. The number of nitrogens with zero attached hydrogens (tertiary/aromatic N) is 3. The molecule has 26 heavy (non-hydrogen) atoms. The fourth-order valence-electron chi connectivity index (χ4n) is 3.91. The summed E-state index contributed by atoms with van der Waals surface area (Å²) < 4.78 is 10.9. The van der Waals surface area contributed by atoms with Gasteiger partial charge in [-0.25, -0.2) is 0 Å². The van der Waals surface area contributed by atoms with E-state index in [9.17, 15) is 4.79 Å². The van der Waals surface area contributed by atoms with Crippen LogP contribution in [0.25, 0.3) is 0 Å². The summed E-state index contributed by atoms with van der Waals surface area (Å²) >= 11 is 0. The van der Waals surface area contributed by atoms with Crippen LogP contribution in [0.4, 0.5) is 11.4 Å². The second-order valence-electron chi connectivity index (χ2n) is 6.71. The first-order chi connectivity index (χ1) is 12.7. The zero-order valence-electron chi connectivity index (χ0n) is 14.8. The Hall–Kier alpha value is -2.73. The van der Waals surface area contributed by atoms with E-state index in [1.165, 1.54) is 7.11 Å². The molecule has 6 nitrogen and oxygen atoms in total. The number of carbonyl (C=O) groups is 1. The highest BCUT2D eigenvalue weighted by Gasteiger charge is 2.46. The number of carbonyl (C=O) groups excluding carboxylic acids is 1. The monoisotopic (exact) mass is 351 g/mol. The zero-order chi connectivity index (χ0) is 18.1. The molecule has 1 saturated heterocycles. The maximum atomic E-state index is 12.1. The maximum Gasteiger partial charge on any atom is 0.323 e. The SMILES string of the molecule is COC(=O)[C@H]1C[C@@H]2COc3ccc(N=Nc4ccccc4)cc3[C@@H]2N1C. The number of azo groups is 1. The molecule has 0 amide bonds.